The van der Waals surface area contributed by atoms with E-state index in [1.165, 1.54) is 0 Å². The van der Waals surface area contributed by atoms with Gasteiger partial charge in [-0.15, -0.1) is 0 Å². The molecule has 0 saturated carbocycles. The minimum Gasteiger partial charge on any atom is -0.490 e. The van der Waals surface area contributed by atoms with E-state index in [-0.39, 0.29) is 5.82 Å². The highest BCUT2D eigenvalue weighted by Crippen LogP contribution is 2.33. The maximum Gasteiger partial charge on any atom is 0.199 e. The molecule has 0 amide bonds. The third-order valence-corrected chi connectivity index (χ3v) is 3.87. The van der Waals surface area contributed by atoms with Crippen LogP contribution in [0.1, 0.15) is 46.7 Å². The smallest absolute Gasteiger partial charge is 0.199 e. The molecule has 162 valence electrons. The molecule has 0 bridgehead atoms. The fourth-order valence-corrected chi connectivity index (χ4v) is 2.63. The van der Waals surface area contributed by atoms with Gasteiger partial charge in [-0.25, -0.2) is 14.6 Å². The number of ether oxygens (including phenoxy) is 1. The summed E-state index contributed by atoms with van der Waals surface area (Å²) < 4.78 is 12.5. The zero-order chi connectivity index (χ0) is 22.3. The second-order valence-corrected chi connectivity index (χ2v) is 6.65. The van der Waals surface area contributed by atoms with Gasteiger partial charge in [0, 0.05) is 6.54 Å². The van der Waals surface area contributed by atoms with Crippen molar-refractivity contribution in [2.75, 3.05) is 18.9 Å². The highest BCUT2D eigenvalue weighted by molar-refractivity contribution is 5.89. The summed E-state index contributed by atoms with van der Waals surface area (Å²) >= 11 is 0. The van der Waals surface area contributed by atoms with Crippen LogP contribution in [0.3, 0.4) is 0 Å². The lowest BCUT2D eigenvalue weighted by Gasteiger charge is -2.10. The Balaban J connectivity index is 0.00000155. The summed E-state index contributed by atoms with van der Waals surface area (Å²) in [4.78, 5) is 9.02. The van der Waals surface area contributed by atoms with Crippen LogP contribution in [0.15, 0.2) is 10.8 Å². The lowest BCUT2D eigenvalue weighted by molar-refractivity contribution is 0.143. The molecule has 0 aromatic carbocycles. The van der Waals surface area contributed by atoms with Crippen molar-refractivity contribution in [2.24, 2.45) is 5.73 Å². The van der Waals surface area contributed by atoms with Crippen LogP contribution in [-0.4, -0.2) is 48.7 Å². The number of hydrogen-bond donors (Lipinski definition) is 3. The maximum absolute atomic E-state index is 9.93. The summed E-state index contributed by atoms with van der Waals surface area (Å²) in [6.45, 7) is 10.7. The van der Waals surface area contributed by atoms with Gasteiger partial charge in [0.05, 0.1) is 12.8 Å². The number of nitrogens with zero attached hydrogens (tertiary/aromatic N) is 5. The molecule has 5 N–H and O–H groups in total. The maximum atomic E-state index is 9.93. The Labute approximate surface area is 175 Å². The summed E-state index contributed by atoms with van der Waals surface area (Å²) in [5.74, 6) is 6.81. The van der Waals surface area contributed by atoms with Crippen molar-refractivity contribution in [3.05, 3.63) is 11.9 Å². The Kier molecular flexibility index (Phi) is 7.74. The van der Waals surface area contributed by atoms with Gasteiger partial charge in [-0.2, -0.15) is 0 Å². The molecule has 30 heavy (non-hydrogen) atoms. The van der Waals surface area contributed by atoms with E-state index in [0.717, 1.165) is 0 Å². The average molecular weight is 415 g/mol. The third kappa shape index (κ3) is 5.06. The van der Waals surface area contributed by atoms with Crippen molar-refractivity contribution in [1.29, 1.82) is 0 Å². The first-order valence-electron chi connectivity index (χ1n) is 9.91. The average Bonchev–Trinajstić information content (AvgIpc) is 3.31. The number of imidazole rings is 1. The Morgan fingerprint density at radius 2 is 2.03 bits per heavy atom. The molecule has 3 rings (SSSR count). The number of fused-ring (bicyclic) bond motifs is 1. The molecule has 0 atom stereocenters. The molecule has 3 aromatic heterocycles. The van der Waals surface area contributed by atoms with Crippen molar-refractivity contribution in [3.63, 3.8) is 0 Å². The molecule has 3 heterocycles. The molecule has 3 aromatic rings. The second kappa shape index (κ2) is 10.0. The number of anilines is 1. The van der Waals surface area contributed by atoms with Crippen LogP contribution < -0.4 is 16.2 Å². The lowest BCUT2D eigenvalue weighted by atomic mass is 10.1. The van der Waals surface area contributed by atoms with E-state index >= 15 is 0 Å². The van der Waals surface area contributed by atoms with E-state index in [1.54, 1.807) is 20.0 Å². The summed E-state index contributed by atoms with van der Waals surface area (Å²) in [5, 5.41) is 17.4. The van der Waals surface area contributed by atoms with Gasteiger partial charge in [-0.1, -0.05) is 19.8 Å². The highest BCUT2D eigenvalue weighted by atomic mass is 16.6. The highest BCUT2D eigenvalue weighted by Gasteiger charge is 2.23. The van der Waals surface area contributed by atoms with Gasteiger partial charge in [0.25, 0.3) is 0 Å². The summed E-state index contributed by atoms with van der Waals surface area (Å²) in [6, 6.07) is 0. The van der Waals surface area contributed by atoms with Gasteiger partial charge in [0.1, 0.15) is 22.3 Å². The normalized spacial score (nSPS) is 10.9. The van der Waals surface area contributed by atoms with Crippen LogP contribution in [0, 0.1) is 11.8 Å². The largest absolute Gasteiger partial charge is 0.490 e. The fourth-order valence-electron chi connectivity index (χ4n) is 2.63. The molecule has 0 aliphatic carbocycles. The molecule has 0 fully saturated rings. The van der Waals surface area contributed by atoms with E-state index in [2.05, 4.69) is 32.1 Å². The Hall–Kier alpha value is -3.16. The first-order chi connectivity index (χ1) is 14.4. The number of aryl methyl sites for hydroxylation is 1. The van der Waals surface area contributed by atoms with E-state index in [9.17, 15) is 5.11 Å². The number of hydrogen-bond acceptors (Lipinski definition) is 9. The van der Waals surface area contributed by atoms with E-state index in [4.69, 9.17) is 20.8 Å². The van der Waals surface area contributed by atoms with Crippen molar-refractivity contribution in [2.45, 2.75) is 53.2 Å². The molecule has 10 heteroatoms. The second-order valence-electron chi connectivity index (χ2n) is 6.65. The van der Waals surface area contributed by atoms with Crippen LogP contribution in [0.4, 0.5) is 5.82 Å². The van der Waals surface area contributed by atoms with Crippen LogP contribution in [-0.2, 0) is 6.54 Å². The Morgan fingerprint density at radius 3 is 2.60 bits per heavy atom. The van der Waals surface area contributed by atoms with Gasteiger partial charge < -0.3 is 25.9 Å². The lowest BCUT2D eigenvalue weighted by Crippen LogP contribution is -2.14. The van der Waals surface area contributed by atoms with Crippen molar-refractivity contribution >= 4 is 16.9 Å². The van der Waals surface area contributed by atoms with Gasteiger partial charge in [0.15, 0.2) is 23.1 Å². The number of pyridine rings is 1. The predicted molar refractivity (Wildman–Crippen MR) is 115 cm³/mol. The summed E-state index contributed by atoms with van der Waals surface area (Å²) in [5.41, 5.74) is 12.2. The van der Waals surface area contributed by atoms with E-state index in [0.29, 0.717) is 60.1 Å². The molecule has 0 radical (unpaired) electrons. The summed E-state index contributed by atoms with van der Waals surface area (Å²) in [6.07, 6.45) is 2.30. The van der Waals surface area contributed by atoms with Crippen molar-refractivity contribution < 1.29 is 14.5 Å². The number of aliphatic hydroxyl groups is 1. The number of nitrogen functional groups attached to an aromatic ring is 1. The Bertz CT molecular complexity index is 1040. The molecule has 10 nitrogen and oxygen atoms in total. The quantitative estimate of drug-likeness (QED) is 0.405. The number of nitrogens with two attached hydrogens (primary N) is 2. The van der Waals surface area contributed by atoms with Crippen LogP contribution in [0.25, 0.3) is 22.6 Å². The SMILES string of the molecule is CC.CCn1c(-c2nonc2N)nc2c(C#CC(C)(C)O)ncc(OCCCN)c21. The van der Waals surface area contributed by atoms with Crippen molar-refractivity contribution in [3.8, 4) is 29.1 Å². The zero-order valence-corrected chi connectivity index (χ0v) is 18.1. The molecule has 0 spiro atoms. The molecule has 0 aliphatic rings. The van der Waals surface area contributed by atoms with Crippen LogP contribution in [0.2, 0.25) is 0 Å². The molecular formula is C20H29N7O3. The minimum absolute atomic E-state index is 0.132. The molecule has 0 unspecified atom stereocenters. The van der Waals surface area contributed by atoms with Crippen LogP contribution in [0.5, 0.6) is 5.75 Å². The number of aromatic nitrogens is 5. The van der Waals surface area contributed by atoms with Gasteiger partial charge >= 0.3 is 0 Å². The zero-order valence-electron chi connectivity index (χ0n) is 18.1. The Morgan fingerprint density at radius 1 is 1.30 bits per heavy atom. The molecular weight excluding hydrogens is 386 g/mol. The van der Waals surface area contributed by atoms with E-state index < -0.39 is 5.60 Å². The topological polar surface area (TPSA) is 151 Å². The standard InChI is InChI=1S/C18H23N7O3.C2H6/c1-4-25-15-12(27-9-5-8-19)10-21-11(6-7-18(2,3)26)13(15)22-17(25)14-16(20)24-28-23-14;1-2/h10,26H,4-5,8-9,19H2,1-3H3,(H2,20,24);1-2H3. The third-order valence-electron chi connectivity index (χ3n) is 3.87. The summed E-state index contributed by atoms with van der Waals surface area (Å²) in [7, 11) is 0. The fraction of sp³-hybridized carbons (Fsp3) is 0.500. The molecule has 0 aliphatic heterocycles. The van der Waals surface area contributed by atoms with Gasteiger partial charge in [-0.05, 0) is 50.0 Å². The first-order valence-corrected chi connectivity index (χ1v) is 9.91. The van der Waals surface area contributed by atoms with E-state index in [1.807, 2.05) is 25.3 Å². The molecule has 0 saturated heterocycles. The number of rotatable bonds is 6. The predicted octanol–water partition coefficient (Wildman–Crippen LogP) is 1.96. The first kappa shape index (κ1) is 23.1. The van der Waals surface area contributed by atoms with Crippen LogP contribution >= 0.6 is 0 Å². The van der Waals surface area contributed by atoms with Gasteiger partial charge in [0.2, 0.25) is 0 Å². The monoisotopic (exact) mass is 415 g/mol. The minimum atomic E-state index is -1.17. The van der Waals surface area contributed by atoms with Gasteiger partial charge in [-0.3, -0.25) is 0 Å². The van der Waals surface area contributed by atoms with Crippen molar-refractivity contribution in [1.82, 2.24) is 24.8 Å².